The normalized spacial score (nSPS) is 15.3. The second-order valence-corrected chi connectivity index (χ2v) is 9.16. The van der Waals surface area contributed by atoms with Gasteiger partial charge in [-0.1, -0.05) is 17.7 Å². The van der Waals surface area contributed by atoms with Crippen molar-refractivity contribution in [3.05, 3.63) is 47.5 Å². The Morgan fingerprint density at radius 2 is 1.97 bits per heavy atom. The second kappa shape index (κ2) is 10.6. The summed E-state index contributed by atoms with van der Waals surface area (Å²) in [6.07, 6.45) is 2.79. The van der Waals surface area contributed by atoms with Crippen molar-refractivity contribution in [3.8, 4) is 11.5 Å². The number of benzene rings is 2. The van der Waals surface area contributed by atoms with Gasteiger partial charge < -0.3 is 19.7 Å². The van der Waals surface area contributed by atoms with E-state index in [9.17, 15) is 9.18 Å². The van der Waals surface area contributed by atoms with Gasteiger partial charge in [-0.05, 0) is 39.2 Å². The van der Waals surface area contributed by atoms with E-state index in [-0.39, 0.29) is 28.8 Å². The molecule has 0 radical (unpaired) electrons. The summed E-state index contributed by atoms with van der Waals surface area (Å²) in [4.78, 5) is 25.1. The lowest BCUT2D eigenvalue weighted by Crippen LogP contribution is -2.48. The van der Waals surface area contributed by atoms with Crippen molar-refractivity contribution in [2.75, 3.05) is 39.6 Å². The average molecular weight is 502 g/mol. The van der Waals surface area contributed by atoms with Gasteiger partial charge in [0.1, 0.15) is 18.2 Å². The minimum Gasteiger partial charge on any atom is -0.493 e. The quantitative estimate of drug-likeness (QED) is 0.510. The van der Waals surface area contributed by atoms with Gasteiger partial charge in [-0.2, -0.15) is 0 Å². The molecule has 10 heteroatoms. The van der Waals surface area contributed by atoms with Gasteiger partial charge in [-0.25, -0.2) is 14.4 Å². The van der Waals surface area contributed by atoms with E-state index in [1.165, 1.54) is 12.4 Å². The number of likely N-dealkylation sites (tertiary alicyclic amines) is 1. The van der Waals surface area contributed by atoms with Gasteiger partial charge in [-0.3, -0.25) is 9.69 Å². The predicted molar refractivity (Wildman–Crippen MR) is 134 cm³/mol. The first kappa shape index (κ1) is 24.9. The number of carbonyl (C=O) groups is 1. The number of carbonyl (C=O) groups excluding carboxylic acids is 1. The number of nitrogens with one attached hydrogen (secondary N) is 1. The zero-order valence-corrected chi connectivity index (χ0v) is 21.0. The van der Waals surface area contributed by atoms with Crippen molar-refractivity contribution in [1.82, 2.24) is 19.8 Å². The molecule has 0 aliphatic carbocycles. The van der Waals surface area contributed by atoms with Crippen LogP contribution in [0, 0.1) is 5.82 Å². The molecule has 1 aromatic heterocycles. The predicted octanol–water partition coefficient (Wildman–Crippen LogP) is 4.49. The third-order valence-corrected chi connectivity index (χ3v) is 6.60. The maximum atomic E-state index is 14.4. The number of anilines is 2. The van der Waals surface area contributed by atoms with Gasteiger partial charge in [-0.15, -0.1) is 0 Å². The summed E-state index contributed by atoms with van der Waals surface area (Å²) in [5.41, 5.74) is 0.829. The fourth-order valence-corrected chi connectivity index (χ4v) is 4.18. The number of amides is 1. The van der Waals surface area contributed by atoms with Crippen LogP contribution in [-0.4, -0.2) is 72.1 Å². The van der Waals surface area contributed by atoms with Crippen LogP contribution in [-0.2, 0) is 4.79 Å². The zero-order valence-electron chi connectivity index (χ0n) is 20.2. The Morgan fingerprint density at radius 1 is 1.23 bits per heavy atom. The van der Waals surface area contributed by atoms with Crippen molar-refractivity contribution in [2.45, 2.75) is 31.9 Å². The van der Waals surface area contributed by atoms with Crippen LogP contribution in [0.1, 0.15) is 19.8 Å². The van der Waals surface area contributed by atoms with Crippen LogP contribution < -0.4 is 14.8 Å². The molecule has 8 nitrogen and oxygen atoms in total. The number of ether oxygens (including phenoxy) is 2. The maximum absolute atomic E-state index is 14.4. The highest BCUT2D eigenvalue weighted by Crippen LogP contribution is 2.36. The first-order valence-electron chi connectivity index (χ1n) is 11.4. The van der Waals surface area contributed by atoms with E-state index >= 15 is 0 Å². The molecule has 2 heterocycles. The molecule has 186 valence electrons. The van der Waals surface area contributed by atoms with Crippen molar-refractivity contribution < 1.29 is 18.7 Å². The van der Waals surface area contributed by atoms with Crippen molar-refractivity contribution in [1.29, 1.82) is 0 Å². The lowest BCUT2D eigenvalue weighted by atomic mass is 10.1. The van der Waals surface area contributed by atoms with Gasteiger partial charge in [0.25, 0.3) is 0 Å². The highest BCUT2D eigenvalue weighted by Gasteiger charge is 2.28. The van der Waals surface area contributed by atoms with E-state index in [1.807, 2.05) is 30.8 Å². The minimum atomic E-state index is -0.558. The standard InChI is InChI=1S/C25H29ClFN5O3/c1-15(31(2)3)25(33)32-10-8-16(9-11-32)35-22-13-20-17(12-21(22)34-4)24(29-14-28-20)30-19-7-5-6-18(26)23(19)27/h5-7,12-16H,8-11H2,1-4H3,(H,28,29,30). The number of halogens is 2. The molecule has 35 heavy (non-hydrogen) atoms. The largest absolute Gasteiger partial charge is 0.493 e. The Balaban J connectivity index is 1.52. The Hall–Kier alpha value is -3.17. The molecule has 1 saturated heterocycles. The van der Waals surface area contributed by atoms with Crippen LogP contribution in [0.15, 0.2) is 36.7 Å². The Morgan fingerprint density at radius 3 is 2.66 bits per heavy atom. The summed E-state index contributed by atoms with van der Waals surface area (Å²) >= 11 is 5.91. The molecule has 1 aliphatic rings. The fourth-order valence-electron chi connectivity index (χ4n) is 4.00. The van der Waals surface area contributed by atoms with E-state index in [1.54, 1.807) is 31.4 Å². The monoisotopic (exact) mass is 501 g/mol. The molecule has 1 unspecified atom stereocenters. The van der Waals surface area contributed by atoms with Crippen molar-refractivity contribution >= 4 is 39.9 Å². The van der Waals surface area contributed by atoms with Crippen LogP contribution in [0.25, 0.3) is 10.9 Å². The highest BCUT2D eigenvalue weighted by molar-refractivity contribution is 6.31. The van der Waals surface area contributed by atoms with Gasteiger partial charge >= 0.3 is 0 Å². The first-order chi connectivity index (χ1) is 16.8. The third-order valence-electron chi connectivity index (χ3n) is 6.30. The number of aromatic nitrogens is 2. The molecule has 3 aromatic rings. The molecular weight excluding hydrogens is 473 g/mol. The second-order valence-electron chi connectivity index (χ2n) is 8.75. The minimum absolute atomic E-state index is 0.0190. The van der Waals surface area contributed by atoms with Gasteiger partial charge in [0.15, 0.2) is 17.3 Å². The third kappa shape index (κ3) is 5.41. The van der Waals surface area contributed by atoms with Gasteiger partial charge in [0, 0.05) is 37.4 Å². The first-order valence-corrected chi connectivity index (χ1v) is 11.8. The average Bonchev–Trinajstić information content (AvgIpc) is 2.86. The molecular formula is C25H29ClFN5O3. The topological polar surface area (TPSA) is 79.8 Å². The van der Waals surface area contributed by atoms with Crippen LogP contribution in [0.5, 0.6) is 11.5 Å². The maximum Gasteiger partial charge on any atom is 0.239 e. The number of hydrogen-bond donors (Lipinski definition) is 1. The Labute approximate surface area is 209 Å². The van der Waals surface area contributed by atoms with Crippen molar-refractivity contribution in [2.24, 2.45) is 0 Å². The van der Waals surface area contributed by atoms with Crippen LogP contribution in [0.4, 0.5) is 15.9 Å². The summed E-state index contributed by atoms with van der Waals surface area (Å²) in [5, 5.41) is 3.66. The number of hydrogen-bond acceptors (Lipinski definition) is 7. The molecule has 0 bridgehead atoms. The summed E-state index contributed by atoms with van der Waals surface area (Å²) in [5.74, 6) is 1.07. The van der Waals surface area contributed by atoms with Gasteiger partial charge in [0.05, 0.1) is 29.4 Å². The SMILES string of the molecule is COc1cc2c(Nc3cccc(Cl)c3F)ncnc2cc1OC1CCN(C(=O)C(C)N(C)C)CC1. The van der Waals surface area contributed by atoms with E-state index < -0.39 is 5.82 Å². The number of nitrogens with zero attached hydrogens (tertiary/aromatic N) is 4. The van der Waals surface area contributed by atoms with E-state index in [2.05, 4.69) is 15.3 Å². The molecule has 1 amide bonds. The molecule has 0 spiro atoms. The Bertz CT molecular complexity index is 1220. The summed E-state index contributed by atoms with van der Waals surface area (Å²) < 4.78 is 26.3. The number of rotatable bonds is 7. The number of likely N-dealkylation sites (N-methyl/N-ethyl adjacent to an activating group) is 1. The molecule has 1 aliphatic heterocycles. The van der Waals surface area contributed by atoms with Crippen LogP contribution in [0.2, 0.25) is 5.02 Å². The molecule has 0 saturated carbocycles. The van der Waals surface area contributed by atoms with Crippen LogP contribution >= 0.6 is 11.6 Å². The van der Waals surface area contributed by atoms with E-state index in [0.29, 0.717) is 41.3 Å². The summed E-state index contributed by atoms with van der Waals surface area (Å²) in [7, 11) is 5.37. The number of fused-ring (bicyclic) bond motifs is 1. The Kier molecular flexibility index (Phi) is 7.57. The molecule has 2 aromatic carbocycles. The fraction of sp³-hybridized carbons (Fsp3) is 0.400. The molecule has 1 atom stereocenters. The number of piperidine rings is 1. The smallest absolute Gasteiger partial charge is 0.239 e. The van der Waals surface area contributed by atoms with Crippen LogP contribution in [0.3, 0.4) is 0 Å². The lowest BCUT2D eigenvalue weighted by Gasteiger charge is -2.35. The molecule has 1 N–H and O–H groups in total. The van der Waals surface area contributed by atoms with E-state index in [4.69, 9.17) is 21.1 Å². The zero-order chi connectivity index (χ0) is 25.1. The molecule has 4 rings (SSSR count). The summed E-state index contributed by atoms with van der Waals surface area (Å²) in [6.45, 7) is 3.19. The lowest BCUT2D eigenvalue weighted by molar-refractivity contribution is -0.137. The van der Waals surface area contributed by atoms with Crippen molar-refractivity contribution in [3.63, 3.8) is 0 Å². The molecule has 1 fully saturated rings. The van der Waals surface area contributed by atoms with E-state index in [0.717, 1.165) is 12.8 Å². The summed E-state index contributed by atoms with van der Waals surface area (Å²) in [6, 6.07) is 8.13. The highest BCUT2D eigenvalue weighted by atomic mass is 35.5. The van der Waals surface area contributed by atoms with Gasteiger partial charge in [0.2, 0.25) is 5.91 Å². The number of methoxy groups -OCH3 is 1.